The molecular weight excluding hydrogens is 219 g/mol. The third-order valence-electron chi connectivity index (χ3n) is 1.94. The molecule has 0 saturated carbocycles. The van der Waals surface area contributed by atoms with Crippen LogP contribution in [0.3, 0.4) is 0 Å². The number of aromatic nitrogens is 1. The van der Waals surface area contributed by atoms with E-state index in [9.17, 15) is 18.0 Å². The molecule has 0 atom stereocenters. The fourth-order valence-electron chi connectivity index (χ4n) is 1.14. The fourth-order valence-corrected chi connectivity index (χ4v) is 1.14. The highest BCUT2D eigenvalue weighted by Crippen LogP contribution is 2.28. The average molecular weight is 229 g/mol. The lowest BCUT2D eigenvalue weighted by molar-refractivity contribution is -0.128. The van der Waals surface area contributed by atoms with E-state index in [4.69, 9.17) is 0 Å². The van der Waals surface area contributed by atoms with Gasteiger partial charge in [-0.15, -0.1) is 0 Å². The maximum absolute atomic E-state index is 12.5. The van der Waals surface area contributed by atoms with Crippen molar-refractivity contribution >= 4 is 11.9 Å². The van der Waals surface area contributed by atoms with Crippen LogP contribution >= 0.6 is 0 Å². The fraction of sp³-hybridized carbons (Fsp3) is 0.273. The molecule has 0 fully saturated rings. The first kappa shape index (κ1) is 12.4. The number of allylic oxidation sites excluding steroid dienone is 1. The molecule has 5 heteroatoms. The van der Waals surface area contributed by atoms with Gasteiger partial charge in [0.1, 0.15) is 0 Å². The molecule has 1 aromatic rings. The normalized spacial score (nSPS) is 12.6. The van der Waals surface area contributed by atoms with Crippen molar-refractivity contribution in [1.29, 1.82) is 0 Å². The number of hydrogen-bond acceptors (Lipinski definition) is 2. The SMILES string of the molecule is CCC(=O)C(=Cc1ccncc1)C(F)(F)F. The first-order chi connectivity index (χ1) is 7.45. The molecule has 0 aliphatic carbocycles. The largest absolute Gasteiger partial charge is 0.419 e. The Morgan fingerprint density at radius 1 is 1.38 bits per heavy atom. The molecule has 0 radical (unpaired) electrons. The van der Waals surface area contributed by atoms with Gasteiger partial charge in [-0.3, -0.25) is 9.78 Å². The van der Waals surface area contributed by atoms with Gasteiger partial charge in [0.25, 0.3) is 0 Å². The van der Waals surface area contributed by atoms with Crippen LogP contribution in [-0.4, -0.2) is 16.9 Å². The zero-order valence-electron chi connectivity index (χ0n) is 8.58. The van der Waals surface area contributed by atoms with Crippen LogP contribution in [0.15, 0.2) is 30.1 Å². The van der Waals surface area contributed by atoms with Crippen molar-refractivity contribution in [2.75, 3.05) is 0 Å². The summed E-state index contributed by atoms with van der Waals surface area (Å²) in [4.78, 5) is 14.8. The summed E-state index contributed by atoms with van der Waals surface area (Å²) in [7, 11) is 0. The molecule has 0 amide bonds. The summed E-state index contributed by atoms with van der Waals surface area (Å²) in [5.74, 6) is -0.913. The van der Waals surface area contributed by atoms with Gasteiger partial charge >= 0.3 is 6.18 Å². The molecule has 86 valence electrons. The van der Waals surface area contributed by atoms with Crippen LogP contribution < -0.4 is 0 Å². The minimum atomic E-state index is -4.61. The Kier molecular flexibility index (Phi) is 3.82. The molecule has 0 spiro atoms. The Labute approximate surface area is 90.8 Å². The second-order valence-corrected chi connectivity index (χ2v) is 3.11. The van der Waals surface area contributed by atoms with E-state index in [1.807, 2.05) is 0 Å². The highest BCUT2D eigenvalue weighted by molar-refractivity contribution is 6.00. The highest BCUT2D eigenvalue weighted by Gasteiger charge is 2.37. The van der Waals surface area contributed by atoms with E-state index >= 15 is 0 Å². The minimum absolute atomic E-state index is 0.170. The number of rotatable bonds is 3. The van der Waals surface area contributed by atoms with Gasteiger partial charge in [-0.1, -0.05) is 6.92 Å². The number of ketones is 1. The Morgan fingerprint density at radius 2 is 1.94 bits per heavy atom. The lowest BCUT2D eigenvalue weighted by atomic mass is 10.1. The van der Waals surface area contributed by atoms with Crippen molar-refractivity contribution in [3.05, 3.63) is 35.7 Å². The molecule has 2 nitrogen and oxygen atoms in total. The number of Topliss-reactive ketones (excluding diaryl/α,β-unsaturated/α-hetero) is 1. The van der Waals surface area contributed by atoms with Crippen LogP contribution in [0.25, 0.3) is 6.08 Å². The van der Waals surface area contributed by atoms with Crippen molar-refractivity contribution in [3.63, 3.8) is 0 Å². The Hall–Kier alpha value is -1.65. The van der Waals surface area contributed by atoms with E-state index in [1.165, 1.54) is 31.5 Å². The molecule has 0 aliphatic rings. The number of hydrogen-bond donors (Lipinski definition) is 0. The summed E-state index contributed by atoms with van der Waals surface area (Å²) >= 11 is 0. The first-order valence-corrected chi connectivity index (χ1v) is 4.67. The van der Waals surface area contributed by atoms with Gasteiger partial charge in [-0.2, -0.15) is 13.2 Å². The second-order valence-electron chi connectivity index (χ2n) is 3.11. The first-order valence-electron chi connectivity index (χ1n) is 4.67. The van der Waals surface area contributed by atoms with Crippen LogP contribution in [0.4, 0.5) is 13.2 Å². The number of carbonyl (C=O) groups excluding carboxylic acids is 1. The molecule has 0 aromatic carbocycles. The number of pyridine rings is 1. The predicted molar refractivity (Wildman–Crippen MR) is 53.6 cm³/mol. The van der Waals surface area contributed by atoms with Crippen molar-refractivity contribution in [2.45, 2.75) is 19.5 Å². The second kappa shape index (κ2) is 4.92. The summed E-state index contributed by atoms with van der Waals surface area (Å²) in [6.07, 6.45) is -1.20. The summed E-state index contributed by atoms with van der Waals surface area (Å²) in [5, 5.41) is 0. The van der Waals surface area contributed by atoms with E-state index < -0.39 is 17.5 Å². The van der Waals surface area contributed by atoms with Crippen LogP contribution in [0.5, 0.6) is 0 Å². The maximum Gasteiger partial charge on any atom is 0.419 e. The average Bonchev–Trinajstić information content (AvgIpc) is 2.25. The van der Waals surface area contributed by atoms with Crippen LogP contribution in [0.2, 0.25) is 0 Å². The molecule has 16 heavy (non-hydrogen) atoms. The van der Waals surface area contributed by atoms with Gasteiger partial charge < -0.3 is 0 Å². The summed E-state index contributed by atoms with van der Waals surface area (Å²) in [6, 6.07) is 2.82. The quantitative estimate of drug-likeness (QED) is 0.746. The van der Waals surface area contributed by atoms with Crippen molar-refractivity contribution in [3.8, 4) is 0 Å². The number of nitrogens with zero attached hydrogens (tertiary/aromatic N) is 1. The number of alkyl halides is 3. The van der Waals surface area contributed by atoms with Gasteiger partial charge in [-0.05, 0) is 23.8 Å². The maximum atomic E-state index is 12.5. The van der Waals surface area contributed by atoms with Gasteiger partial charge in [0, 0.05) is 18.8 Å². The van der Waals surface area contributed by atoms with E-state index in [-0.39, 0.29) is 6.42 Å². The number of carbonyl (C=O) groups is 1. The van der Waals surface area contributed by atoms with E-state index in [0.29, 0.717) is 5.56 Å². The molecule has 0 unspecified atom stereocenters. The monoisotopic (exact) mass is 229 g/mol. The standard InChI is InChI=1S/C11H10F3NO/c1-2-10(16)9(11(12,13)14)7-8-3-5-15-6-4-8/h3-7H,2H2,1H3. The third kappa shape index (κ3) is 3.18. The molecule has 1 heterocycles. The van der Waals surface area contributed by atoms with Gasteiger partial charge in [0.05, 0.1) is 5.57 Å². The molecule has 1 rings (SSSR count). The van der Waals surface area contributed by atoms with Crippen LogP contribution in [0.1, 0.15) is 18.9 Å². The van der Waals surface area contributed by atoms with Crippen LogP contribution in [0, 0.1) is 0 Å². The Balaban J connectivity index is 3.12. The zero-order valence-corrected chi connectivity index (χ0v) is 8.58. The molecule has 0 saturated heterocycles. The lowest BCUT2D eigenvalue weighted by Gasteiger charge is -2.09. The summed E-state index contributed by atoms with van der Waals surface area (Å²) < 4.78 is 37.6. The molecular formula is C11H10F3NO. The van der Waals surface area contributed by atoms with Crippen LogP contribution in [-0.2, 0) is 4.79 Å². The smallest absolute Gasteiger partial charge is 0.294 e. The third-order valence-corrected chi connectivity index (χ3v) is 1.94. The topological polar surface area (TPSA) is 30.0 Å². The Morgan fingerprint density at radius 3 is 2.38 bits per heavy atom. The summed E-state index contributed by atoms with van der Waals surface area (Å²) in [6.45, 7) is 1.40. The van der Waals surface area contributed by atoms with Crippen molar-refractivity contribution in [2.24, 2.45) is 0 Å². The van der Waals surface area contributed by atoms with Crippen molar-refractivity contribution in [1.82, 2.24) is 4.98 Å². The molecule has 0 bridgehead atoms. The van der Waals surface area contributed by atoms with Crippen molar-refractivity contribution < 1.29 is 18.0 Å². The zero-order chi connectivity index (χ0) is 12.2. The lowest BCUT2D eigenvalue weighted by Crippen LogP contribution is -2.19. The summed E-state index contributed by atoms with van der Waals surface area (Å²) in [5.41, 5.74) is -0.815. The minimum Gasteiger partial charge on any atom is -0.294 e. The predicted octanol–water partition coefficient (Wildman–Crippen LogP) is 3.01. The Bertz CT molecular complexity index is 395. The van der Waals surface area contributed by atoms with Gasteiger partial charge in [-0.25, -0.2) is 0 Å². The molecule has 0 N–H and O–H groups in total. The van der Waals surface area contributed by atoms with E-state index in [1.54, 1.807) is 0 Å². The molecule has 1 aromatic heterocycles. The van der Waals surface area contributed by atoms with E-state index in [2.05, 4.69) is 4.98 Å². The molecule has 0 aliphatic heterocycles. The highest BCUT2D eigenvalue weighted by atomic mass is 19.4. The van der Waals surface area contributed by atoms with Gasteiger partial charge in [0.15, 0.2) is 5.78 Å². The van der Waals surface area contributed by atoms with Gasteiger partial charge in [0.2, 0.25) is 0 Å². The van der Waals surface area contributed by atoms with E-state index in [0.717, 1.165) is 6.08 Å². The number of halogens is 3.